The van der Waals surface area contributed by atoms with Crippen molar-refractivity contribution in [3.05, 3.63) is 64.5 Å². The molecule has 0 aliphatic heterocycles. The number of benzene rings is 1. The van der Waals surface area contributed by atoms with Gasteiger partial charge in [0.1, 0.15) is 0 Å². The summed E-state index contributed by atoms with van der Waals surface area (Å²) < 4.78 is 0. The van der Waals surface area contributed by atoms with Crippen LogP contribution in [0.15, 0.2) is 36.5 Å². The number of hydrogen-bond acceptors (Lipinski definition) is 2. The summed E-state index contributed by atoms with van der Waals surface area (Å²) in [5.41, 5.74) is 6.66. The molecule has 0 bridgehead atoms. The molecule has 2 heteroatoms. The van der Waals surface area contributed by atoms with Crippen molar-refractivity contribution >= 4 is 0 Å². The fraction of sp³-hybridized carbons (Fsp3) is 0.450. The molecule has 0 radical (unpaired) electrons. The van der Waals surface area contributed by atoms with E-state index in [1.807, 2.05) is 40.2 Å². The molecule has 1 heterocycles. The van der Waals surface area contributed by atoms with E-state index in [4.69, 9.17) is 0 Å². The van der Waals surface area contributed by atoms with Gasteiger partial charge in [0.05, 0.1) is 0 Å². The fourth-order valence-electron chi connectivity index (χ4n) is 2.16. The van der Waals surface area contributed by atoms with Crippen LogP contribution in [0.2, 0.25) is 0 Å². The summed E-state index contributed by atoms with van der Waals surface area (Å²) in [5, 5.41) is 2.75. The Balaban J connectivity index is 0.000000789. The molecule has 0 unspecified atom stereocenters. The van der Waals surface area contributed by atoms with E-state index < -0.39 is 0 Å². The first-order valence-electron chi connectivity index (χ1n) is 8.13. The molecule has 1 aromatic heterocycles. The Kier molecular flexibility index (Phi) is 11.0. The highest BCUT2D eigenvalue weighted by molar-refractivity contribution is 5.31. The molecule has 0 saturated carbocycles. The zero-order chi connectivity index (χ0) is 17.0. The molecule has 22 heavy (non-hydrogen) atoms. The number of nitrogens with zero attached hydrogens (tertiary/aromatic N) is 1. The average molecular weight is 300 g/mol. The molecular formula is C20H32N2. The lowest BCUT2D eigenvalue weighted by Crippen LogP contribution is -1.98. The van der Waals surface area contributed by atoms with Gasteiger partial charge in [-0.25, -0.2) is 0 Å². The molecule has 2 aromatic rings. The summed E-state index contributed by atoms with van der Waals surface area (Å²) in [6, 6.07) is 10.8. The van der Waals surface area contributed by atoms with Crippen LogP contribution in [0.25, 0.3) is 0 Å². The summed E-state index contributed by atoms with van der Waals surface area (Å²) in [7, 11) is 3.75. The van der Waals surface area contributed by atoms with Crippen molar-refractivity contribution < 1.29 is 0 Å². The largest absolute Gasteiger partial charge is 0.323 e. The Morgan fingerprint density at radius 2 is 1.55 bits per heavy atom. The maximum Gasteiger partial charge on any atom is 0.0436 e. The number of pyridine rings is 1. The van der Waals surface area contributed by atoms with Crippen LogP contribution in [0.5, 0.6) is 0 Å². The lowest BCUT2D eigenvalue weighted by atomic mass is 9.99. The van der Waals surface area contributed by atoms with Crippen LogP contribution in [0, 0.1) is 20.8 Å². The number of hydrogen-bond donors (Lipinski definition) is 1. The first-order valence-corrected chi connectivity index (χ1v) is 8.13. The van der Waals surface area contributed by atoms with Crippen LogP contribution in [-0.2, 0) is 12.8 Å². The van der Waals surface area contributed by atoms with E-state index >= 15 is 0 Å². The molecule has 2 nitrogen and oxygen atoms in total. The quantitative estimate of drug-likeness (QED) is 0.892. The van der Waals surface area contributed by atoms with E-state index in [0.29, 0.717) is 0 Å². The van der Waals surface area contributed by atoms with Crippen LogP contribution >= 0.6 is 0 Å². The lowest BCUT2D eigenvalue weighted by molar-refractivity contribution is 0.893. The van der Waals surface area contributed by atoms with Crippen LogP contribution in [-0.4, -0.2) is 19.1 Å². The highest BCUT2D eigenvalue weighted by atomic mass is 14.7. The third-order valence-corrected chi connectivity index (χ3v) is 3.25. The third kappa shape index (κ3) is 7.37. The van der Waals surface area contributed by atoms with Crippen molar-refractivity contribution in [2.45, 2.75) is 47.5 Å². The zero-order valence-corrected chi connectivity index (χ0v) is 15.3. The molecule has 1 N–H and O–H groups in total. The molecule has 0 aliphatic carbocycles. The molecule has 2 rings (SSSR count). The molecule has 0 spiro atoms. The summed E-state index contributed by atoms with van der Waals surface area (Å²) >= 11 is 0. The lowest BCUT2D eigenvalue weighted by Gasteiger charge is -2.08. The maximum atomic E-state index is 4.44. The van der Waals surface area contributed by atoms with Gasteiger partial charge < -0.3 is 5.32 Å². The van der Waals surface area contributed by atoms with Crippen molar-refractivity contribution in [3.63, 3.8) is 0 Å². The van der Waals surface area contributed by atoms with Gasteiger partial charge in [0.15, 0.2) is 0 Å². The predicted molar refractivity (Wildman–Crippen MR) is 98.6 cm³/mol. The second kappa shape index (κ2) is 11.9. The van der Waals surface area contributed by atoms with Crippen molar-refractivity contribution in [1.82, 2.24) is 10.3 Å². The van der Waals surface area contributed by atoms with Gasteiger partial charge in [-0.05, 0) is 70.5 Å². The monoisotopic (exact) mass is 300 g/mol. The highest BCUT2D eigenvalue weighted by Crippen LogP contribution is 2.14. The fourth-order valence-corrected chi connectivity index (χ4v) is 2.16. The summed E-state index contributed by atoms with van der Waals surface area (Å²) in [6.45, 7) is 10.5. The number of rotatable bonds is 3. The Morgan fingerprint density at radius 1 is 0.909 bits per heavy atom. The average Bonchev–Trinajstić information content (AvgIpc) is 2.51. The van der Waals surface area contributed by atoms with Gasteiger partial charge in [-0.1, -0.05) is 43.7 Å². The predicted octanol–water partition coefficient (Wildman–Crippen LogP) is 4.65. The van der Waals surface area contributed by atoms with Gasteiger partial charge in [0.25, 0.3) is 0 Å². The van der Waals surface area contributed by atoms with Gasteiger partial charge in [0, 0.05) is 11.9 Å². The van der Waals surface area contributed by atoms with E-state index in [1.54, 1.807) is 0 Å². The van der Waals surface area contributed by atoms with Gasteiger partial charge in [-0.15, -0.1) is 0 Å². The van der Waals surface area contributed by atoms with Crippen LogP contribution in [0.4, 0.5) is 0 Å². The number of aryl methyl sites for hydroxylation is 5. The van der Waals surface area contributed by atoms with E-state index in [2.05, 4.69) is 55.3 Å². The Morgan fingerprint density at radius 3 is 2.09 bits per heavy atom. The Bertz CT molecular complexity index is 533. The van der Waals surface area contributed by atoms with Gasteiger partial charge in [-0.2, -0.15) is 0 Å². The Hall–Kier alpha value is -1.67. The molecule has 0 fully saturated rings. The molecule has 1 aromatic carbocycles. The molecule has 0 saturated heterocycles. The van der Waals surface area contributed by atoms with Crippen LogP contribution in [0.3, 0.4) is 0 Å². The SMILES string of the molecule is CC.CNC.Cc1ccc(CCc2ncccc2C)c(C)c1. The summed E-state index contributed by atoms with van der Waals surface area (Å²) in [4.78, 5) is 4.44. The standard InChI is InChI=1S/C16H19N.C2H7N.C2H6/c1-12-6-7-15(14(3)11-12)8-9-16-13(2)5-4-10-17-16;1-3-2;1-2/h4-7,10-11H,8-9H2,1-3H3;3H,1-2H3;1-2H3. The minimum atomic E-state index is 1.02. The smallest absolute Gasteiger partial charge is 0.0436 e. The van der Waals surface area contributed by atoms with Gasteiger partial charge in [-0.3, -0.25) is 4.98 Å². The van der Waals surface area contributed by atoms with E-state index in [-0.39, 0.29) is 0 Å². The first kappa shape index (κ1) is 20.3. The third-order valence-electron chi connectivity index (χ3n) is 3.25. The molecule has 122 valence electrons. The molecule has 0 aliphatic rings. The van der Waals surface area contributed by atoms with Gasteiger partial charge >= 0.3 is 0 Å². The van der Waals surface area contributed by atoms with Crippen LogP contribution < -0.4 is 5.32 Å². The molecular weight excluding hydrogens is 268 g/mol. The Labute approximate surface area is 137 Å². The highest BCUT2D eigenvalue weighted by Gasteiger charge is 2.02. The zero-order valence-electron chi connectivity index (χ0n) is 15.3. The minimum Gasteiger partial charge on any atom is -0.323 e. The first-order chi connectivity index (χ1) is 10.6. The van der Waals surface area contributed by atoms with E-state index in [1.165, 1.54) is 27.9 Å². The number of nitrogens with one attached hydrogen (secondary N) is 1. The normalized spacial score (nSPS) is 9.23. The molecule has 0 atom stereocenters. The van der Waals surface area contributed by atoms with Gasteiger partial charge in [0.2, 0.25) is 0 Å². The summed E-state index contributed by atoms with van der Waals surface area (Å²) in [6.07, 6.45) is 3.98. The second-order valence-electron chi connectivity index (χ2n) is 5.20. The van der Waals surface area contributed by atoms with E-state index in [9.17, 15) is 0 Å². The maximum absolute atomic E-state index is 4.44. The number of aromatic nitrogens is 1. The van der Waals surface area contributed by atoms with Crippen molar-refractivity contribution in [1.29, 1.82) is 0 Å². The minimum absolute atomic E-state index is 1.02. The topological polar surface area (TPSA) is 24.9 Å². The van der Waals surface area contributed by atoms with Crippen LogP contribution in [0.1, 0.15) is 41.8 Å². The van der Waals surface area contributed by atoms with Crippen molar-refractivity contribution in [3.8, 4) is 0 Å². The van der Waals surface area contributed by atoms with Crippen molar-refractivity contribution in [2.24, 2.45) is 0 Å². The molecule has 0 amide bonds. The van der Waals surface area contributed by atoms with Crippen molar-refractivity contribution in [2.75, 3.05) is 14.1 Å². The van der Waals surface area contributed by atoms with E-state index in [0.717, 1.165) is 12.8 Å². The summed E-state index contributed by atoms with van der Waals surface area (Å²) in [5.74, 6) is 0. The second-order valence-corrected chi connectivity index (χ2v) is 5.20.